The predicted molar refractivity (Wildman–Crippen MR) is 69.6 cm³/mol. The van der Waals surface area contributed by atoms with Gasteiger partial charge >= 0.3 is 0 Å². The van der Waals surface area contributed by atoms with Crippen LogP contribution in [0.25, 0.3) is 0 Å². The molecule has 0 saturated carbocycles. The molecule has 0 bridgehead atoms. The van der Waals surface area contributed by atoms with E-state index >= 15 is 0 Å². The number of benzene rings is 1. The van der Waals surface area contributed by atoms with Gasteiger partial charge in [-0.3, -0.25) is 9.34 Å². The van der Waals surface area contributed by atoms with Crippen molar-refractivity contribution in [2.24, 2.45) is 0 Å². The van der Waals surface area contributed by atoms with E-state index in [1.54, 1.807) is 0 Å². The molecule has 3 heterocycles. The average Bonchev–Trinajstić information content (AvgIpc) is 3.04. The normalized spacial score (nSPS) is 30.5. The molecule has 0 spiro atoms. The van der Waals surface area contributed by atoms with Crippen molar-refractivity contribution in [1.29, 1.82) is 0 Å². The molecule has 4 rings (SSSR count). The zero-order valence-electron chi connectivity index (χ0n) is 10.2. The van der Waals surface area contributed by atoms with Gasteiger partial charge in [0.25, 0.3) is 11.8 Å². The summed E-state index contributed by atoms with van der Waals surface area (Å²) >= 11 is 0. The summed E-state index contributed by atoms with van der Waals surface area (Å²) in [5.41, 5.74) is 1.31. The molecule has 0 aromatic heterocycles. The van der Waals surface area contributed by atoms with Crippen LogP contribution in [0.1, 0.15) is 18.5 Å². The van der Waals surface area contributed by atoms with E-state index < -0.39 is 0 Å². The predicted octanol–water partition coefficient (Wildman–Crippen LogP) is 2.43. The second-order valence-electron chi connectivity index (χ2n) is 4.85. The Balaban J connectivity index is 1.67. The van der Waals surface area contributed by atoms with Gasteiger partial charge in [0.15, 0.2) is 0 Å². The Kier molecular flexibility index (Phi) is 2.21. The molecule has 3 aliphatic heterocycles. The lowest BCUT2D eigenvalue weighted by molar-refractivity contribution is 0.189. The highest BCUT2D eigenvalue weighted by Crippen LogP contribution is 2.54. The van der Waals surface area contributed by atoms with Crippen molar-refractivity contribution in [1.82, 2.24) is 9.34 Å². The molecule has 4 nitrogen and oxygen atoms in total. The third-order valence-corrected chi connectivity index (χ3v) is 5.20. The van der Waals surface area contributed by atoms with Crippen molar-refractivity contribution in [2.45, 2.75) is 19.0 Å². The Morgan fingerprint density at radius 1 is 1.06 bits per heavy atom. The molecule has 1 aromatic carbocycles. The minimum absolute atomic E-state index is 0.327. The largest absolute Gasteiger partial charge is 0.473 e. The quantitative estimate of drug-likeness (QED) is 0.726. The van der Waals surface area contributed by atoms with Crippen LogP contribution in [0.2, 0.25) is 0 Å². The lowest BCUT2D eigenvalue weighted by Crippen LogP contribution is -2.20. The zero-order valence-corrected chi connectivity index (χ0v) is 11.2. The molecule has 0 radical (unpaired) electrons. The number of hydrogen-bond donors (Lipinski definition) is 0. The van der Waals surface area contributed by atoms with Gasteiger partial charge < -0.3 is 9.47 Å². The number of rotatable bonds is 1. The van der Waals surface area contributed by atoms with Crippen molar-refractivity contribution in [3.63, 3.8) is 0 Å². The first-order chi connectivity index (χ1) is 8.84. The van der Waals surface area contributed by atoms with Gasteiger partial charge in [-0.25, -0.2) is 0 Å². The van der Waals surface area contributed by atoms with Crippen LogP contribution in [0.3, 0.4) is 0 Å². The van der Waals surface area contributed by atoms with Crippen LogP contribution in [-0.2, 0) is 9.47 Å². The number of fused-ring (bicyclic) bond motifs is 2. The van der Waals surface area contributed by atoms with E-state index in [1.807, 2.05) is 6.07 Å². The first-order valence-corrected chi connectivity index (χ1v) is 7.13. The summed E-state index contributed by atoms with van der Waals surface area (Å²) < 4.78 is 16.2. The van der Waals surface area contributed by atoms with Crippen molar-refractivity contribution in [2.75, 3.05) is 13.2 Å². The van der Waals surface area contributed by atoms with Crippen LogP contribution in [0.4, 0.5) is 0 Å². The van der Waals surface area contributed by atoms with Crippen LogP contribution < -0.4 is 0 Å². The van der Waals surface area contributed by atoms with E-state index in [9.17, 15) is 0 Å². The highest BCUT2D eigenvalue weighted by molar-refractivity contribution is 7.33. The van der Waals surface area contributed by atoms with Crippen molar-refractivity contribution in [3.05, 3.63) is 47.7 Å². The average molecular weight is 262 g/mol. The molecule has 94 valence electrons. The molecular weight excluding hydrogens is 247 g/mol. The van der Waals surface area contributed by atoms with Crippen molar-refractivity contribution < 1.29 is 9.47 Å². The molecule has 18 heavy (non-hydrogen) atoms. The maximum absolute atomic E-state index is 5.85. The third kappa shape index (κ3) is 1.36. The molecular formula is C13H15N2O2P. The summed E-state index contributed by atoms with van der Waals surface area (Å²) in [4.78, 5) is 0. The Bertz CT molecular complexity index is 505. The molecule has 2 fully saturated rings. The fraction of sp³-hybridized carbons (Fsp3) is 0.385. The fourth-order valence-corrected chi connectivity index (χ4v) is 3.98. The smallest absolute Gasteiger partial charge is 0.257 e. The molecule has 0 aliphatic carbocycles. The molecule has 1 unspecified atom stereocenters. The van der Waals surface area contributed by atoms with Crippen LogP contribution in [0.5, 0.6) is 0 Å². The summed E-state index contributed by atoms with van der Waals surface area (Å²) in [7, 11) is 0.605. The van der Waals surface area contributed by atoms with Gasteiger partial charge in [0.1, 0.15) is 13.2 Å². The number of nitrogens with zero attached hydrogens (tertiary/aromatic N) is 2. The van der Waals surface area contributed by atoms with Gasteiger partial charge in [0.05, 0.1) is 21.0 Å². The van der Waals surface area contributed by atoms with Gasteiger partial charge in [0, 0.05) is 0 Å². The van der Waals surface area contributed by atoms with E-state index in [4.69, 9.17) is 9.47 Å². The molecule has 5 heteroatoms. The Morgan fingerprint density at radius 2 is 1.78 bits per heavy atom. The molecule has 0 amide bonds. The van der Waals surface area contributed by atoms with E-state index in [-0.39, 0.29) is 0 Å². The van der Waals surface area contributed by atoms with E-state index in [1.165, 1.54) is 5.56 Å². The van der Waals surface area contributed by atoms with Gasteiger partial charge in [-0.15, -0.1) is 0 Å². The maximum Gasteiger partial charge on any atom is 0.257 e. The monoisotopic (exact) mass is 262 g/mol. The molecule has 0 N–H and O–H groups in total. The number of ether oxygens (including phenoxy) is 2. The molecule has 3 aliphatic rings. The van der Waals surface area contributed by atoms with Crippen molar-refractivity contribution >= 4 is 8.88 Å². The first kappa shape index (κ1) is 10.5. The third-order valence-electron chi connectivity index (χ3n) is 3.61. The van der Waals surface area contributed by atoms with Gasteiger partial charge in [-0.05, 0) is 12.5 Å². The van der Waals surface area contributed by atoms with Crippen LogP contribution >= 0.6 is 8.88 Å². The topological polar surface area (TPSA) is 24.9 Å². The summed E-state index contributed by atoms with van der Waals surface area (Å²) in [6.07, 6.45) is 0. The van der Waals surface area contributed by atoms with Gasteiger partial charge in [0.2, 0.25) is 0 Å². The zero-order chi connectivity index (χ0) is 12.1. The highest BCUT2D eigenvalue weighted by Gasteiger charge is 2.46. The Hall–Kier alpha value is -1.41. The molecule has 2 saturated heterocycles. The minimum atomic E-state index is 0.327. The van der Waals surface area contributed by atoms with E-state index in [0.717, 1.165) is 25.0 Å². The number of hydrogen-bond acceptors (Lipinski definition) is 4. The van der Waals surface area contributed by atoms with Gasteiger partial charge in [-0.1, -0.05) is 30.3 Å². The summed E-state index contributed by atoms with van der Waals surface area (Å²) in [5, 5.41) is 0. The lowest BCUT2D eigenvalue weighted by Gasteiger charge is -2.23. The van der Waals surface area contributed by atoms with Gasteiger partial charge in [-0.2, -0.15) is 0 Å². The van der Waals surface area contributed by atoms with Crippen LogP contribution in [0, 0.1) is 0 Å². The Morgan fingerprint density at radius 3 is 2.61 bits per heavy atom. The Labute approximate surface area is 108 Å². The van der Waals surface area contributed by atoms with Crippen molar-refractivity contribution in [3.8, 4) is 0 Å². The summed E-state index contributed by atoms with van der Waals surface area (Å²) in [5.74, 6) is 1.88. The SMILES string of the molecule is C[C@H]1COC2=C3OC[C@H](c4ccccc4)N3PN21. The standard InChI is InChI=1S/C13H15N2O2P/c1-9-7-16-12-13-15(18-14(9)12)11(8-17-13)10-5-3-2-4-6-10/h2-6,9,11,18H,7-8H2,1H3/t9-,11+/m0/s1. The second kappa shape index (κ2) is 3.79. The summed E-state index contributed by atoms with van der Waals surface area (Å²) in [6, 6.07) is 11.3. The minimum Gasteiger partial charge on any atom is -0.473 e. The summed E-state index contributed by atoms with van der Waals surface area (Å²) in [6.45, 7) is 3.70. The molecule has 1 aromatic rings. The van der Waals surface area contributed by atoms with E-state index in [2.05, 4.69) is 40.5 Å². The molecule has 3 atom stereocenters. The lowest BCUT2D eigenvalue weighted by atomic mass is 10.1. The van der Waals surface area contributed by atoms with Crippen LogP contribution in [-0.4, -0.2) is 28.6 Å². The van der Waals surface area contributed by atoms with E-state index in [0.29, 0.717) is 21.0 Å². The highest BCUT2D eigenvalue weighted by atomic mass is 31.1. The fourth-order valence-electron chi connectivity index (χ4n) is 2.61. The second-order valence-corrected chi connectivity index (χ2v) is 6.01. The maximum atomic E-state index is 5.85. The van der Waals surface area contributed by atoms with Crippen LogP contribution in [0.15, 0.2) is 42.1 Å². The first-order valence-electron chi connectivity index (χ1n) is 6.24.